The first-order valence-corrected chi connectivity index (χ1v) is 11.8. The SMILES string of the molecule is CNC(=O)c1ccc(NC(=O)CNc2ccc(S(=O)(=O)N3CCCCCC3)cc2)cc1. The summed E-state index contributed by atoms with van der Waals surface area (Å²) in [6, 6.07) is 13.0. The van der Waals surface area contributed by atoms with Crippen molar-refractivity contribution in [2.75, 3.05) is 37.3 Å². The van der Waals surface area contributed by atoms with Crippen molar-refractivity contribution in [2.45, 2.75) is 30.6 Å². The maximum Gasteiger partial charge on any atom is 0.251 e. The molecular weight excluding hydrogens is 416 g/mol. The number of anilines is 2. The van der Waals surface area contributed by atoms with Crippen LogP contribution < -0.4 is 16.0 Å². The Kier molecular flexibility index (Phi) is 7.64. The van der Waals surface area contributed by atoms with Crippen LogP contribution in [-0.2, 0) is 14.8 Å². The van der Waals surface area contributed by atoms with Crippen LogP contribution in [0.4, 0.5) is 11.4 Å². The minimum atomic E-state index is -3.49. The number of amides is 2. The molecule has 2 amide bonds. The van der Waals surface area contributed by atoms with Crippen molar-refractivity contribution in [1.82, 2.24) is 9.62 Å². The van der Waals surface area contributed by atoms with E-state index in [1.165, 1.54) is 0 Å². The standard InChI is InChI=1S/C22H28N4O4S/c1-23-22(28)17-6-8-19(9-7-17)25-21(27)16-24-18-10-12-20(13-11-18)31(29,30)26-14-4-2-3-5-15-26/h6-13,24H,2-5,14-16H2,1H3,(H,23,28)(H,25,27). The van der Waals surface area contributed by atoms with E-state index in [0.717, 1.165) is 25.7 Å². The molecule has 2 aromatic rings. The topological polar surface area (TPSA) is 108 Å². The third-order valence-electron chi connectivity index (χ3n) is 5.17. The number of nitrogens with one attached hydrogen (secondary N) is 3. The number of carbonyl (C=O) groups is 2. The summed E-state index contributed by atoms with van der Waals surface area (Å²) in [5.74, 6) is -0.449. The van der Waals surface area contributed by atoms with Crippen LogP contribution in [0.5, 0.6) is 0 Å². The fraction of sp³-hybridized carbons (Fsp3) is 0.364. The Balaban J connectivity index is 1.54. The molecule has 1 aliphatic heterocycles. The smallest absolute Gasteiger partial charge is 0.251 e. The van der Waals surface area contributed by atoms with E-state index in [1.807, 2.05) is 0 Å². The molecule has 31 heavy (non-hydrogen) atoms. The van der Waals surface area contributed by atoms with E-state index in [9.17, 15) is 18.0 Å². The van der Waals surface area contributed by atoms with E-state index in [0.29, 0.717) is 30.0 Å². The molecule has 8 nitrogen and oxygen atoms in total. The van der Waals surface area contributed by atoms with Gasteiger partial charge in [0.25, 0.3) is 5.91 Å². The third kappa shape index (κ3) is 6.05. The number of hydrogen-bond donors (Lipinski definition) is 3. The van der Waals surface area contributed by atoms with Crippen molar-refractivity contribution in [2.24, 2.45) is 0 Å². The Labute approximate surface area is 183 Å². The highest BCUT2D eigenvalue weighted by atomic mass is 32.2. The van der Waals surface area contributed by atoms with Crippen LogP contribution >= 0.6 is 0 Å². The molecule has 0 spiro atoms. The zero-order valence-electron chi connectivity index (χ0n) is 17.6. The van der Waals surface area contributed by atoms with Gasteiger partial charge in [-0.05, 0) is 61.4 Å². The van der Waals surface area contributed by atoms with Crippen molar-refractivity contribution >= 4 is 33.2 Å². The molecule has 0 aliphatic carbocycles. The van der Waals surface area contributed by atoms with Crippen LogP contribution in [0.25, 0.3) is 0 Å². The molecule has 9 heteroatoms. The number of rotatable bonds is 7. The van der Waals surface area contributed by atoms with Crippen molar-refractivity contribution in [3.05, 3.63) is 54.1 Å². The van der Waals surface area contributed by atoms with Gasteiger partial charge in [0.05, 0.1) is 11.4 Å². The van der Waals surface area contributed by atoms with E-state index in [-0.39, 0.29) is 23.3 Å². The van der Waals surface area contributed by atoms with Crippen LogP contribution in [0.15, 0.2) is 53.4 Å². The molecule has 0 atom stereocenters. The monoisotopic (exact) mass is 444 g/mol. The van der Waals surface area contributed by atoms with Crippen molar-refractivity contribution in [3.63, 3.8) is 0 Å². The zero-order valence-corrected chi connectivity index (χ0v) is 18.4. The summed E-state index contributed by atoms with van der Waals surface area (Å²) >= 11 is 0. The lowest BCUT2D eigenvalue weighted by molar-refractivity contribution is -0.114. The van der Waals surface area contributed by atoms with E-state index >= 15 is 0 Å². The highest BCUT2D eigenvalue weighted by molar-refractivity contribution is 7.89. The molecular formula is C22H28N4O4S. The Morgan fingerprint density at radius 3 is 2.03 bits per heavy atom. The molecule has 2 aromatic carbocycles. The maximum absolute atomic E-state index is 12.8. The van der Waals surface area contributed by atoms with Gasteiger partial charge in [-0.25, -0.2) is 8.42 Å². The van der Waals surface area contributed by atoms with E-state index in [1.54, 1.807) is 59.9 Å². The fourth-order valence-electron chi connectivity index (χ4n) is 3.41. The lowest BCUT2D eigenvalue weighted by Crippen LogP contribution is -2.31. The van der Waals surface area contributed by atoms with Gasteiger partial charge in [-0.2, -0.15) is 4.31 Å². The van der Waals surface area contributed by atoms with Gasteiger partial charge in [0, 0.05) is 37.1 Å². The Hall–Kier alpha value is -2.91. The molecule has 1 heterocycles. The summed E-state index contributed by atoms with van der Waals surface area (Å²) in [6.07, 6.45) is 3.91. The Bertz CT molecular complexity index is 997. The predicted octanol–water partition coefficient (Wildman–Crippen LogP) is 2.66. The molecule has 3 rings (SSSR count). The molecule has 0 unspecified atom stereocenters. The summed E-state index contributed by atoms with van der Waals surface area (Å²) in [6.45, 7) is 1.15. The quantitative estimate of drug-likeness (QED) is 0.609. The summed E-state index contributed by atoms with van der Waals surface area (Å²) in [5.41, 5.74) is 1.74. The Morgan fingerprint density at radius 2 is 1.45 bits per heavy atom. The number of carbonyl (C=O) groups excluding carboxylic acids is 2. The second kappa shape index (κ2) is 10.4. The highest BCUT2D eigenvalue weighted by Gasteiger charge is 2.24. The van der Waals surface area contributed by atoms with Crippen LogP contribution in [0.1, 0.15) is 36.0 Å². The van der Waals surface area contributed by atoms with Crippen molar-refractivity contribution in [1.29, 1.82) is 0 Å². The molecule has 0 aromatic heterocycles. The number of hydrogen-bond acceptors (Lipinski definition) is 5. The van der Waals surface area contributed by atoms with E-state index in [2.05, 4.69) is 16.0 Å². The summed E-state index contributed by atoms with van der Waals surface area (Å²) in [4.78, 5) is 24.0. The molecule has 1 saturated heterocycles. The normalized spacial score (nSPS) is 15.0. The zero-order chi connectivity index (χ0) is 22.3. The second-order valence-electron chi connectivity index (χ2n) is 7.40. The number of nitrogens with zero attached hydrogens (tertiary/aromatic N) is 1. The molecule has 0 saturated carbocycles. The average molecular weight is 445 g/mol. The number of benzene rings is 2. The first-order chi connectivity index (χ1) is 14.9. The van der Waals surface area contributed by atoms with Gasteiger partial charge < -0.3 is 16.0 Å². The van der Waals surface area contributed by atoms with Crippen LogP contribution in [-0.4, -0.2) is 51.2 Å². The largest absolute Gasteiger partial charge is 0.376 e. The first-order valence-electron chi connectivity index (χ1n) is 10.4. The average Bonchev–Trinajstić information content (AvgIpc) is 3.08. The molecule has 0 radical (unpaired) electrons. The van der Waals surface area contributed by atoms with Crippen LogP contribution in [0.3, 0.4) is 0 Å². The van der Waals surface area contributed by atoms with Gasteiger partial charge >= 0.3 is 0 Å². The van der Waals surface area contributed by atoms with Gasteiger partial charge in [-0.15, -0.1) is 0 Å². The predicted molar refractivity (Wildman–Crippen MR) is 121 cm³/mol. The molecule has 0 bridgehead atoms. The summed E-state index contributed by atoms with van der Waals surface area (Å²) in [5, 5.41) is 8.27. The van der Waals surface area contributed by atoms with Crippen LogP contribution in [0, 0.1) is 0 Å². The van der Waals surface area contributed by atoms with Gasteiger partial charge in [0.2, 0.25) is 15.9 Å². The maximum atomic E-state index is 12.8. The third-order valence-corrected chi connectivity index (χ3v) is 7.08. The lowest BCUT2D eigenvalue weighted by atomic mass is 10.2. The van der Waals surface area contributed by atoms with E-state index < -0.39 is 10.0 Å². The molecule has 1 aliphatic rings. The van der Waals surface area contributed by atoms with Gasteiger partial charge in [-0.3, -0.25) is 9.59 Å². The second-order valence-corrected chi connectivity index (χ2v) is 9.34. The minimum absolute atomic E-state index is 0.0232. The molecule has 166 valence electrons. The minimum Gasteiger partial charge on any atom is -0.376 e. The van der Waals surface area contributed by atoms with E-state index in [4.69, 9.17) is 0 Å². The molecule has 3 N–H and O–H groups in total. The fourth-order valence-corrected chi connectivity index (χ4v) is 4.93. The summed E-state index contributed by atoms with van der Waals surface area (Å²) in [7, 11) is -1.93. The van der Waals surface area contributed by atoms with Crippen LogP contribution in [0.2, 0.25) is 0 Å². The lowest BCUT2D eigenvalue weighted by Gasteiger charge is -2.20. The first kappa shape index (κ1) is 22.8. The number of sulfonamides is 1. The van der Waals surface area contributed by atoms with Crippen molar-refractivity contribution in [3.8, 4) is 0 Å². The van der Waals surface area contributed by atoms with Gasteiger partial charge in [-0.1, -0.05) is 12.8 Å². The highest BCUT2D eigenvalue weighted by Crippen LogP contribution is 2.21. The van der Waals surface area contributed by atoms with Crippen molar-refractivity contribution < 1.29 is 18.0 Å². The summed E-state index contributed by atoms with van der Waals surface area (Å²) < 4.78 is 27.2. The van der Waals surface area contributed by atoms with Gasteiger partial charge in [0.15, 0.2) is 0 Å². The molecule has 1 fully saturated rings. The van der Waals surface area contributed by atoms with Gasteiger partial charge in [0.1, 0.15) is 0 Å². The Morgan fingerprint density at radius 1 is 0.871 bits per heavy atom.